The van der Waals surface area contributed by atoms with Crippen LogP contribution in [0.3, 0.4) is 0 Å². The van der Waals surface area contributed by atoms with E-state index in [-0.39, 0.29) is 11.4 Å². The summed E-state index contributed by atoms with van der Waals surface area (Å²) in [6.07, 6.45) is 1.35. The topological polar surface area (TPSA) is 93.8 Å². The molecule has 0 aliphatic carbocycles. The largest absolute Gasteiger partial charge is 0.477 e. The third-order valence-corrected chi connectivity index (χ3v) is 3.59. The Morgan fingerprint density at radius 2 is 2.08 bits per heavy atom. The summed E-state index contributed by atoms with van der Waals surface area (Å²) in [5, 5.41) is 15.6. The quantitative estimate of drug-likeness (QED) is 0.468. The van der Waals surface area contributed by atoms with Crippen LogP contribution in [0.4, 0.5) is 5.69 Å². The lowest BCUT2D eigenvalue weighted by atomic mass is 10.2. The van der Waals surface area contributed by atoms with Crippen LogP contribution < -0.4 is 10.2 Å². The van der Waals surface area contributed by atoms with Crippen molar-refractivity contribution in [3.63, 3.8) is 0 Å². The van der Waals surface area contributed by atoms with Gasteiger partial charge in [0.15, 0.2) is 12.4 Å². The predicted octanol–water partition coefficient (Wildman–Crippen LogP) is 3.74. The Morgan fingerprint density at radius 3 is 2.76 bits per heavy atom. The summed E-state index contributed by atoms with van der Waals surface area (Å²) in [5.74, 6) is -0.563. The zero-order valence-corrected chi connectivity index (χ0v) is 14.5. The van der Waals surface area contributed by atoms with E-state index >= 15 is 0 Å². The van der Waals surface area contributed by atoms with Crippen LogP contribution >= 0.6 is 23.2 Å². The summed E-state index contributed by atoms with van der Waals surface area (Å²) in [4.78, 5) is 22.1. The number of hydrogen-bond donors (Lipinski definition) is 1. The molecule has 2 aromatic carbocycles. The molecule has 25 heavy (non-hydrogen) atoms. The molecule has 0 saturated carbocycles. The molecule has 0 spiro atoms. The van der Waals surface area contributed by atoms with Crippen molar-refractivity contribution in [3.8, 4) is 5.75 Å². The average Bonchev–Trinajstić information content (AvgIpc) is 2.55. The van der Waals surface area contributed by atoms with Crippen LogP contribution in [0.2, 0.25) is 10.0 Å². The number of hydrazone groups is 1. The molecule has 2 rings (SSSR count). The third kappa shape index (κ3) is 5.44. The predicted molar refractivity (Wildman–Crippen MR) is 95.5 cm³/mol. The molecule has 9 heteroatoms. The van der Waals surface area contributed by atoms with E-state index in [1.807, 2.05) is 0 Å². The zero-order valence-electron chi connectivity index (χ0n) is 13.0. The molecule has 7 nitrogen and oxygen atoms in total. The molecule has 2 aromatic rings. The van der Waals surface area contributed by atoms with E-state index in [9.17, 15) is 14.9 Å². The van der Waals surface area contributed by atoms with E-state index in [0.717, 1.165) is 0 Å². The average molecular weight is 382 g/mol. The molecule has 1 N–H and O–H groups in total. The third-order valence-electron chi connectivity index (χ3n) is 3.03. The van der Waals surface area contributed by atoms with Crippen molar-refractivity contribution in [1.29, 1.82) is 0 Å². The van der Waals surface area contributed by atoms with E-state index in [0.29, 0.717) is 21.2 Å². The van der Waals surface area contributed by atoms with Crippen molar-refractivity contribution >= 4 is 41.0 Å². The monoisotopic (exact) mass is 381 g/mol. The van der Waals surface area contributed by atoms with Gasteiger partial charge in [0.1, 0.15) is 0 Å². The van der Waals surface area contributed by atoms with Gasteiger partial charge in [0.25, 0.3) is 5.91 Å². The highest BCUT2D eigenvalue weighted by molar-refractivity contribution is 6.36. The van der Waals surface area contributed by atoms with Gasteiger partial charge in [-0.05, 0) is 30.7 Å². The van der Waals surface area contributed by atoms with Gasteiger partial charge >= 0.3 is 5.69 Å². The second-order valence-corrected chi connectivity index (χ2v) is 5.82. The van der Waals surface area contributed by atoms with E-state index in [2.05, 4.69) is 10.5 Å². The summed E-state index contributed by atoms with van der Waals surface area (Å²) < 4.78 is 5.19. The number of aryl methyl sites for hydroxylation is 1. The number of halogens is 2. The van der Waals surface area contributed by atoms with Crippen LogP contribution in [-0.4, -0.2) is 23.7 Å². The number of amides is 1. The molecule has 0 saturated heterocycles. The van der Waals surface area contributed by atoms with Crippen molar-refractivity contribution in [3.05, 3.63) is 67.7 Å². The summed E-state index contributed by atoms with van der Waals surface area (Å²) >= 11 is 11.8. The molecule has 130 valence electrons. The second kappa shape index (κ2) is 8.46. The van der Waals surface area contributed by atoms with Crippen LogP contribution in [0.25, 0.3) is 0 Å². The molecule has 0 bridgehead atoms. The van der Waals surface area contributed by atoms with Gasteiger partial charge in [-0.2, -0.15) is 5.10 Å². The second-order valence-electron chi connectivity index (χ2n) is 4.98. The van der Waals surface area contributed by atoms with Crippen molar-refractivity contribution in [2.75, 3.05) is 6.61 Å². The molecule has 0 aromatic heterocycles. The molecule has 0 radical (unpaired) electrons. The normalized spacial score (nSPS) is 10.7. The number of nitro benzene ring substituents is 1. The standard InChI is InChI=1S/C16H13Cl2N3O4/c1-10-2-5-15(14(6-10)21(23)24)25-9-16(22)20-19-8-11-3-4-12(17)7-13(11)18/h2-8H,9H2,1H3,(H,20,22)/b19-8+. The Morgan fingerprint density at radius 1 is 1.32 bits per heavy atom. The Hall–Kier alpha value is -2.64. The highest BCUT2D eigenvalue weighted by Gasteiger charge is 2.16. The highest BCUT2D eigenvalue weighted by atomic mass is 35.5. The molecule has 1 amide bonds. The van der Waals surface area contributed by atoms with Gasteiger partial charge in [0.05, 0.1) is 16.2 Å². The van der Waals surface area contributed by atoms with Crippen LogP contribution in [0.15, 0.2) is 41.5 Å². The number of carbonyl (C=O) groups excluding carboxylic acids is 1. The van der Waals surface area contributed by atoms with E-state index in [4.69, 9.17) is 27.9 Å². The summed E-state index contributed by atoms with van der Waals surface area (Å²) in [5.41, 5.74) is 3.33. The van der Waals surface area contributed by atoms with Gasteiger partial charge in [-0.1, -0.05) is 35.3 Å². The maximum absolute atomic E-state index is 11.7. The van der Waals surface area contributed by atoms with Gasteiger partial charge in [-0.3, -0.25) is 14.9 Å². The molecule has 0 aliphatic rings. The minimum atomic E-state index is -0.573. The number of nitrogens with one attached hydrogen (secondary N) is 1. The van der Waals surface area contributed by atoms with Crippen molar-refractivity contribution in [2.24, 2.45) is 5.10 Å². The first-order chi connectivity index (χ1) is 11.9. The highest BCUT2D eigenvalue weighted by Crippen LogP contribution is 2.27. The Bertz CT molecular complexity index is 840. The minimum absolute atomic E-state index is 0.00970. The summed E-state index contributed by atoms with van der Waals surface area (Å²) in [7, 11) is 0. The van der Waals surface area contributed by atoms with Gasteiger partial charge in [0.2, 0.25) is 0 Å². The lowest BCUT2D eigenvalue weighted by molar-refractivity contribution is -0.385. The Balaban J connectivity index is 1.93. The van der Waals surface area contributed by atoms with E-state index in [1.165, 1.54) is 18.3 Å². The molecule has 0 fully saturated rings. The molecule has 0 atom stereocenters. The van der Waals surface area contributed by atoms with Crippen LogP contribution in [0, 0.1) is 17.0 Å². The SMILES string of the molecule is Cc1ccc(OCC(=O)N/N=C/c2ccc(Cl)cc2Cl)c([N+](=O)[O-])c1. The minimum Gasteiger partial charge on any atom is -0.477 e. The van der Waals surface area contributed by atoms with Gasteiger partial charge < -0.3 is 4.74 Å². The Kier molecular flexibility index (Phi) is 6.32. The molecular formula is C16H13Cl2N3O4. The van der Waals surface area contributed by atoms with Crippen molar-refractivity contribution in [2.45, 2.75) is 6.92 Å². The number of carbonyl (C=O) groups is 1. The number of hydrogen-bond acceptors (Lipinski definition) is 5. The van der Waals surface area contributed by atoms with Gasteiger partial charge in [0, 0.05) is 16.7 Å². The molecule has 0 unspecified atom stereocenters. The summed E-state index contributed by atoms with van der Waals surface area (Å²) in [6, 6.07) is 9.29. The number of benzene rings is 2. The van der Waals surface area contributed by atoms with E-state index in [1.54, 1.807) is 31.2 Å². The van der Waals surface area contributed by atoms with Crippen molar-refractivity contribution < 1.29 is 14.5 Å². The lowest BCUT2D eigenvalue weighted by Crippen LogP contribution is -2.24. The van der Waals surface area contributed by atoms with Gasteiger partial charge in [-0.25, -0.2) is 5.43 Å². The van der Waals surface area contributed by atoms with Crippen LogP contribution in [-0.2, 0) is 4.79 Å². The van der Waals surface area contributed by atoms with Crippen LogP contribution in [0.1, 0.15) is 11.1 Å². The lowest BCUT2D eigenvalue weighted by Gasteiger charge is -2.06. The maximum Gasteiger partial charge on any atom is 0.311 e. The first-order valence-electron chi connectivity index (χ1n) is 7.01. The van der Waals surface area contributed by atoms with Gasteiger partial charge in [-0.15, -0.1) is 0 Å². The molecule has 0 aliphatic heterocycles. The fraction of sp³-hybridized carbons (Fsp3) is 0.125. The first-order valence-corrected chi connectivity index (χ1v) is 7.77. The smallest absolute Gasteiger partial charge is 0.311 e. The number of nitrogens with zero attached hydrogens (tertiary/aromatic N) is 2. The molecule has 0 heterocycles. The first kappa shape index (κ1) is 18.7. The van der Waals surface area contributed by atoms with Crippen molar-refractivity contribution in [1.82, 2.24) is 5.43 Å². The number of nitro groups is 1. The maximum atomic E-state index is 11.7. The van der Waals surface area contributed by atoms with E-state index < -0.39 is 17.4 Å². The zero-order chi connectivity index (χ0) is 18.4. The fourth-order valence-corrected chi connectivity index (χ4v) is 2.31. The Labute approximate surface area is 153 Å². The number of rotatable bonds is 6. The summed E-state index contributed by atoms with van der Waals surface area (Å²) in [6.45, 7) is 1.30. The fourth-order valence-electron chi connectivity index (χ4n) is 1.85. The number of ether oxygens (including phenoxy) is 1. The van der Waals surface area contributed by atoms with Crippen LogP contribution in [0.5, 0.6) is 5.75 Å². The molecular weight excluding hydrogens is 369 g/mol.